The van der Waals surface area contributed by atoms with E-state index in [1.165, 1.54) is 0 Å². The van der Waals surface area contributed by atoms with Gasteiger partial charge in [-0.3, -0.25) is 4.79 Å². The Labute approximate surface area is 103 Å². The molecule has 1 fully saturated rings. The minimum absolute atomic E-state index is 0.242. The van der Waals surface area contributed by atoms with E-state index in [-0.39, 0.29) is 6.04 Å². The first-order valence-corrected chi connectivity index (χ1v) is 7.36. The molecule has 17 heavy (non-hydrogen) atoms. The van der Waals surface area contributed by atoms with E-state index in [4.69, 9.17) is 5.11 Å². The number of rotatable bonds is 3. The summed E-state index contributed by atoms with van der Waals surface area (Å²) in [4.78, 5) is 10.9. The summed E-state index contributed by atoms with van der Waals surface area (Å²) < 4.78 is 25.6. The molecule has 1 aliphatic carbocycles. The van der Waals surface area contributed by atoms with Gasteiger partial charge in [-0.1, -0.05) is 6.42 Å². The third-order valence-corrected chi connectivity index (χ3v) is 5.41. The van der Waals surface area contributed by atoms with Crippen LogP contribution in [0.2, 0.25) is 0 Å². The van der Waals surface area contributed by atoms with Crippen molar-refractivity contribution in [1.82, 2.24) is 4.72 Å². The van der Waals surface area contributed by atoms with Gasteiger partial charge in [-0.15, -0.1) is 0 Å². The van der Waals surface area contributed by atoms with Gasteiger partial charge in [0, 0.05) is 6.04 Å². The molecule has 0 aliphatic heterocycles. The number of carbonyl (C=O) groups is 1. The SMILES string of the molecule is CC(C)(C)S(=O)(=O)NC1CCCC(C(=O)O)C1. The predicted molar refractivity (Wildman–Crippen MR) is 65.2 cm³/mol. The summed E-state index contributed by atoms with van der Waals surface area (Å²) in [5, 5.41) is 8.94. The van der Waals surface area contributed by atoms with Crippen LogP contribution < -0.4 is 4.72 Å². The molecule has 0 bridgehead atoms. The number of nitrogens with one attached hydrogen (secondary N) is 1. The van der Waals surface area contributed by atoms with Gasteiger partial charge in [0.05, 0.1) is 10.7 Å². The fraction of sp³-hybridized carbons (Fsp3) is 0.909. The zero-order chi connectivity index (χ0) is 13.3. The van der Waals surface area contributed by atoms with Gasteiger partial charge in [0.25, 0.3) is 0 Å². The lowest BCUT2D eigenvalue weighted by atomic mass is 9.86. The molecule has 1 rings (SSSR count). The Morgan fingerprint density at radius 2 is 1.88 bits per heavy atom. The molecule has 0 aromatic heterocycles. The fourth-order valence-electron chi connectivity index (χ4n) is 1.92. The number of aliphatic carboxylic acids is 1. The third-order valence-electron chi connectivity index (χ3n) is 3.15. The maximum absolute atomic E-state index is 11.9. The summed E-state index contributed by atoms with van der Waals surface area (Å²) in [7, 11) is -3.39. The highest BCUT2D eigenvalue weighted by Gasteiger charge is 2.34. The number of hydrogen-bond donors (Lipinski definition) is 2. The summed E-state index contributed by atoms with van der Waals surface area (Å²) in [6.07, 6.45) is 2.51. The van der Waals surface area contributed by atoms with Crippen molar-refractivity contribution >= 4 is 16.0 Å². The topological polar surface area (TPSA) is 83.5 Å². The molecule has 5 nitrogen and oxygen atoms in total. The quantitative estimate of drug-likeness (QED) is 0.805. The predicted octanol–water partition coefficient (Wildman–Crippen LogP) is 1.35. The van der Waals surface area contributed by atoms with E-state index in [0.29, 0.717) is 12.8 Å². The molecular formula is C11H21NO4S. The lowest BCUT2D eigenvalue weighted by Crippen LogP contribution is -2.46. The second kappa shape index (κ2) is 4.94. The smallest absolute Gasteiger partial charge is 0.306 e. The average molecular weight is 263 g/mol. The van der Waals surface area contributed by atoms with Gasteiger partial charge in [-0.25, -0.2) is 13.1 Å². The lowest BCUT2D eigenvalue weighted by molar-refractivity contribution is -0.143. The van der Waals surface area contributed by atoms with Gasteiger partial charge in [0.1, 0.15) is 0 Å². The van der Waals surface area contributed by atoms with Gasteiger partial charge in [-0.05, 0) is 40.0 Å². The van der Waals surface area contributed by atoms with Crippen LogP contribution in [0.5, 0.6) is 0 Å². The molecule has 0 heterocycles. The Kier molecular flexibility index (Phi) is 4.19. The van der Waals surface area contributed by atoms with E-state index < -0.39 is 26.7 Å². The molecule has 100 valence electrons. The van der Waals surface area contributed by atoms with Crippen molar-refractivity contribution in [3.8, 4) is 0 Å². The molecule has 0 radical (unpaired) electrons. The molecule has 6 heteroatoms. The van der Waals surface area contributed by atoms with Crippen LogP contribution in [0.3, 0.4) is 0 Å². The molecule has 0 aromatic carbocycles. The maximum atomic E-state index is 11.9. The Morgan fingerprint density at radius 3 is 2.35 bits per heavy atom. The normalized spacial score (nSPS) is 26.8. The Bertz CT molecular complexity index is 383. The molecule has 2 atom stereocenters. The monoisotopic (exact) mass is 263 g/mol. The highest BCUT2D eigenvalue weighted by atomic mass is 32.2. The number of sulfonamides is 1. The van der Waals surface area contributed by atoms with Crippen LogP contribution in [0.15, 0.2) is 0 Å². The van der Waals surface area contributed by atoms with E-state index in [2.05, 4.69) is 4.72 Å². The van der Waals surface area contributed by atoms with Crippen LogP contribution in [0, 0.1) is 5.92 Å². The van der Waals surface area contributed by atoms with Gasteiger partial charge in [0.15, 0.2) is 0 Å². The summed E-state index contributed by atoms with van der Waals surface area (Å²) in [5.74, 6) is -1.25. The van der Waals surface area contributed by atoms with Crippen molar-refractivity contribution < 1.29 is 18.3 Å². The van der Waals surface area contributed by atoms with E-state index in [9.17, 15) is 13.2 Å². The molecule has 1 aliphatic rings. The first kappa shape index (κ1) is 14.4. The zero-order valence-corrected chi connectivity index (χ0v) is 11.4. The zero-order valence-electron chi connectivity index (χ0n) is 10.6. The molecule has 0 aromatic rings. The van der Waals surface area contributed by atoms with Crippen molar-refractivity contribution in [2.75, 3.05) is 0 Å². The maximum Gasteiger partial charge on any atom is 0.306 e. The van der Waals surface area contributed by atoms with E-state index >= 15 is 0 Å². The first-order chi connectivity index (χ1) is 7.63. The van der Waals surface area contributed by atoms with Crippen molar-refractivity contribution in [2.24, 2.45) is 5.92 Å². The van der Waals surface area contributed by atoms with E-state index in [1.54, 1.807) is 20.8 Å². The summed E-state index contributed by atoms with van der Waals surface area (Å²) >= 11 is 0. The minimum Gasteiger partial charge on any atom is -0.481 e. The third kappa shape index (κ3) is 3.67. The van der Waals surface area contributed by atoms with Gasteiger partial charge >= 0.3 is 5.97 Å². The van der Waals surface area contributed by atoms with Crippen LogP contribution in [0.1, 0.15) is 46.5 Å². The van der Waals surface area contributed by atoms with Crippen LogP contribution in [0.4, 0.5) is 0 Å². The fourth-order valence-corrected chi connectivity index (χ4v) is 2.92. The highest BCUT2D eigenvalue weighted by molar-refractivity contribution is 7.90. The second-order valence-electron chi connectivity index (χ2n) is 5.63. The average Bonchev–Trinajstić information content (AvgIpc) is 2.15. The van der Waals surface area contributed by atoms with E-state index in [1.807, 2.05) is 0 Å². The van der Waals surface area contributed by atoms with Gasteiger partial charge in [0.2, 0.25) is 10.0 Å². The molecule has 0 amide bonds. The van der Waals surface area contributed by atoms with Crippen molar-refractivity contribution in [2.45, 2.75) is 57.2 Å². The Morgan fingerprint density at radius 1 is 1.29 bits per heavy atom. The number of carboxylic acids is 1. The molecule has 1 saturated carbocycles. The van der Waals surface area contributed by atoms with Gasteiger partial charge < -0.3 is 5.11 Å². The van der Waals surface area contributed by atoms with Crippen LogP contribution in [-0.2, 0) is 14.8 Å². The van der Waals surface area contributed by atoms with Crippen LogP contribution in [0.25, 0.3) is 0 Å². The Hall–Kier alpha value is -0.620. The number of carboxylic acid groups (broad SMARTS) is 1. The summed E-state index contributed by atoms with van der Waals surface area (Å²) in [6.45, 7) is 4.90. The largest absolute Gasteiger partial charge is 0.481 e. The van der Waals surface area contributed by atoms with Crippen molar-refractivity contribution in [1.29, 1.82) is 0 Å². The lowest BCUT2D eigenvalue weighted by Gasteiger charge is -2.30. The van der Waals surface area contributed by atoms with Crippen LogP contribution >= 0.6 is 0 Å². The molecule has 0 spiro atoms. The minimum atomic E-state index is -3.39. The molecule has 2 unspecified atom stereocenters. The molecule has 0 saturated heterocycles. The first-order valence-electron chi connectivity index (χ1n) is 5.88. The van der Waals surface area contributed by atoms with Crippen molar-refractivity contribution in [3.05, 3.63) is 0 Å². The van der Waals surface area contributed by atoms with Gasteiger partial charge in [-0.2, -0.15) is 0 Å². The Balaban J connectivity index is 2.67. The van der Waals surface area contributed by atoms with Crippen LogP contribution in [-0.4, -0.2) is 30.3 Å². The van der Waals surface area contributed by atoms with E-state index in [0.717, 1.165) is 12.8 Å². The molecule has 2 N–H and O–H groups in total. The highest BCUT2D eigenvalue weighted by Crippen LogP contribution is 2.26. The van der Waals surface area contributed by atoms with Crippen molar-refractivity contribution in [3.63, 3.8) is 0 Å². The molecular weight excluding hydrogens is 242 g/mol. The summed E-state index contributed by atoms with van der Waals surface area (Å²) in [5.41, 5.74) is 0. The standard InChI is InChI=1S/C11H21NO4S/c1-11(2,3)17(15,16)12-9-6-4-5-8(7-9)10(13)14/h8-9,12H,4-7H2,1-3H3,(H,13,14). The summed E-state index contributed by atoms with van der Waals surface area (Å²) in [6, 6.07) is -0.242. The second-order valence-corrected chi connectivity index (χ2v) is 8.10. The number of hydrogen-bond acceptors (Lipinski definition) is 3.